The Balaban J connectivity index is 2.53. The van der Waals surface area contributed by atoms with Gasteiger partial charge in [0.2, 0.25) is 11.8 Å². The largest absolute Gasteiger partial charge is 0.475 e. The summed E-state index contributed by atoms with van der Waals surface area (Å²) in [5.74, 6) is -1.08. The summed E-state index contributed by atoms with van der Waals surface area (Å²) in [4.78, 5) is 24.9. The first-order valence-corrected chi connectivity index (χ1v) is 8.27. The monoisotopic (exact) mass is 334 g/mol. The zero-order valence-electron chi connectivity index (χ0n) is 14.7. The SMILES string of the molecule is CCc1cccc(C[C@H](NC(=O)CCCC(=O)N(C)C)B(O)O)c1. The van der Waals surface area contributed by atoms with Crippen LogP contribution in [-0.2, 0) is 22.4 Å². The third-order valence-corrected chi connectivity index (χ3v) is 3.85. The summed E-state index contributed by atoms with van der Waals surface area (Å²) < 4.78 is 0. The third-order valence-electron chi connectivity index (χ3n) is 3.85. The number of nitrogens with zero attached hydrogens (tertiary/aromatic N) is 1. The van der Waals surface area contributed by atoms with Gasteiger partial charge in [0.25, 0.3) is 0 Å². The maximum Gasteiger partial charge on any atom is 0.475 e. The van der Waals surface area contributed by atoms with E-state index in [1.54, 1.807) is 14.1 Å². The van der Waals surface area contributed by atoms with Crippen LogP contribution in [0.2, 0.25) is 0 Å². The van der Waals surface area contributed by atoms with Gasteiger partial charge in [-0.1, -0.05) is 31.2 Å². The van der Waals surface area contributed by atoms with Gasteiger partial charge in [0, 0.05) is 26.9 Å². The van der Waals surface area contributed by atoms with Crippen LogP contribution in [0.3, 0.4) is 0 Å². The Morgan fingerprint density at radius 1 is 1.21 bits per heavy atom. The molecular formula is C17H27BN2O4. The van der Waals surface area contributed by atoms with Crippen LogP contribution in [0.25, 0.3) is 0 Å². The lowest BCUT2D eigenvalue weighted by atomic mass is 9.75. The summed E-state index contributed by atoms with van der Waals surface area (Å²) in [6.07, 6.45) is 2.14. The number of amides is 2. The van der Waals surface area contributed by atoms with E-state index < -0.39 is 13.1 Å². The van der Waals surface area contributed by atoms with Gasteiger partial charge >= 0.3 is 7.12 Å². The number of aryl methyl sites for hydroxylation is 1. The maximum atomic E-state index is 12.0. The zero-order valence-corrected chi connectivity index (χ0v) is 14.7. The van der Waals surface area contributed by atoms with Crippen LogP contribution >= 0.6 is 0 Å². The molecule has 0 aliphatic carbocycles. The van der Waals surface area contributed by atoms with E-state index in [9.17, 15) is 19.6 Å². The van der Waals surface area contributed by atoms with E-state index in [4.69, 9.17) is 0 Å². The Kier molecular flexibility index (Phi) is 8.50. The van der Waals surface area contributed by atoms with Crippen LogP contribution in [0, 0.1) is 0 Å². The van der Waals surface area contributed by atoms with Crippen molar-refractivity contribution in [1.29, 1.82) is 0 Å². The van der Waals surface area contributed by atoms with Crippen LogP contribution in [0.15, 0.2) is 24.3 Å². The standard InChI is InChI=1S/C17H27BN2O4/c1-4-13-7-5-8-14(11-13)12-15(18(23)24)19-16(21)9-6-10-17(22)20(2)3/h5,7-8,11,15,23-24H,4,6,9-10,12H2,1-3H3,(H,19,21)/t15-/m0/s1. The van der Waals surface area contributed by atoms with E-state index in [0.717, 1.165) is 17.5 Å². The number of hydrogen-bond donors (Lipinski definition) is 3. The molecule has 1 atom stereocenters. The highest BCUT2D eigenvalue weighted by Crippen LogP contribution is 2.09. The topological polar surface area (TPSA) is 89.9 Å². The average Bonchev–Trinajstić information content (AvgIpc) is 2.54. The van der Waals surface area contributed by atoms with E-state index in [-0.39, 0.29) is 18.2 Å². The van der Waals surface area contributed by atoms with E-state index in [2.05, 4.69) is 5.32 Å². The molecule has 1 aromatic rings. The highest BCUT2D eigenvalue weighted by molar-refractivity contribution is 6.43. The molecule has 6 nitrogen and oxygen atoms in total. The zero-order chi connectivity index (χ0) is 18.1. The second-order valence-corrected chi connectivity index (χ2v) is 6.11. The van der Waals surface area contributed by atoms with Gasteiger partial charge < -0.3 is 20.3 Å². The van der Waals surface area contributed by atoms with E-state index >= 15 is 0 Å². The fourth-order valence-corrected chi connectivity index (χ4v) is 2.36. The lowest BCUT2D eigenvalue weighted by Crippen LogP contribution is -2.47. The van der Waals surface area contributed by atoms with Crippen molar-refractivity contribution in [3.05, 3.63) is 35.4 Å². The lowest BCUT2D eigenvalue weighted by Gasteiger charge is -2.18. The Bertz CT molecular complexity index is 549. The van der Waals surface area contributed by atoms with Crippen molar-refractivity contribution < 1.29 is 19.6 Å². The van der Waals surface area contributed by atoms with Gasteiger partial charge in [-0.05, 0) is 30.4 Å². The molecule has 0 bridgehead atoms. The molecule has 7 heteroatoms. The molecule has 2 amide bonds. The summed E-state index contributed by atoms with van der Waals surface area (Å²) in [6.45, 7) is 2.05. The van der Waals surface area contributed by atoms with Gasteiger partial charge in [-0.15, -0.1) is 0 Å². The predicted molar refractivity (Wildman–Crippen MR) is 94.2 cm³/mol. The van der Waals surface area contributed by atoms with Gasteiger partial charge in [-0.3, -0.25) is 9.59 Å². The van der Waals surface area contributed by atoms with Gasteiger partial charge in [-0.25, -0.2) is 0 Å². The van der Waals surface area contributed by atoms with Crippen LogP contribution in [0.1, 0.15) is 37.3 Å². The molecule has 0 fully saturated rings. The molecule has 0 saturated carbocycles. The van der Waals surface area contributed by atoms with E-state index in [0.29, 0.717) is 19.3 Å². The summed E-state index contributed by atoms with van der Waals surface area (Å²) in [5, 5.41) is 21.7. The first-order valence-electron chi connectivity index (χ1n) is 8.27. The average molecular weight is 334 g/mol. The Morgan fingerprint density at radius 2 is 1.88 bits per heavy atom. The van der Waals surface area contributed by atoms with E-state index in [1.807, 2.05) is 31.2 Å². The van der Waals surface area contributed by atoms with Crippen molar-refractivity contribution in [3.8, 4) is 0 Å². The van der Waals surface area contributed by atoms with Gasteiger partial charge in [-0.2, -0.15) is 0 Å². The molecule has 0 saturated heterocycles. The molecule has 0 aliphatic rings. The Labute approximate surface area is 144 Å². The number of carbonyl (C=O) groups is 2. The van der Waals surface area contributed by atoms with Crippen LogP contribution in [0.4, 0.5) is 0 Å². The van der Waals surface area contributed by atoms with Gasteiger partial charge in [0.1, 0.15) is 0 Å². The van der Waals surface area contributed by atoms with Gasteiger partial charge in [0.15, 0.2) is 0 Å². The summed E-state index contributed by atoms with van der Waals surface area (Å²) in [6, 6.07) is 7.83. The molecule has 1 rings (SSSR count). The molecule has 3 N–H and O–H groups in total. The van der Waals surface area contributed by atoms with Crippen molar-refractivity contribution in [2.24, 2.45) is 0 Å². The van der Waals surface area contributed by atoms with Crippen molar-refractivity contribution in [1.82, 2.24) is 10.2 Å². The van der Waals surface area contributed by atoms with Crippen LogP contribution in [-0.4, -0.2) is 53.9 Å². The number of hydrogen-bond acceptors (Lipinski definition) is 4. The fraction of sp³-hybridized carbons (Fsp3) is 0.529. The van der Waals surface area contributed by atoms with Crippen molar-refractivity contribution in [2.45, 2.75) is 45.0 Å². The second-order valence-electron chi connectivity index (χ2n) is 6.11. The molecular weight excluding hydrogens is 307 g/mol. The second kappa shape index (κ2) is 10.1. The van der Waals surface area contributed by atoms with Crippen LogP contribution < -0.4 is 5.32 Å². The molecule has 0 aromatic heterocycles. The van der Waals surface area contributed by atoms with Gasteiger partial charge in [0.05, 0.1) is 5.94 Å². The molecule has 24 heavy (non-hydrogen) atoms. The summed E-state index contributed by atoms with van der Waals surface area (Å²) >= 11 is 0. The maximum absolute atomic E-state index is 12.0. The highest BCUT2D eigenvalue weighted by Gasteiger charge is 2.25. The number of nitrogens with one attached hydrogen (secondary N) is 1. The number of benzene rings is 1. The molecule has 132 valence electrons. The number of carbonyl (C=O) groups excluding carboxylic acids is 2. The normalized spacial score (nSPS) is 11.7. The Hall–Kier alpha value is -1.86. The van der Waals surface area contributed by atoms with Crippen LogP contribution in [0.5, 0.6) is 0 Å². The first kappa shape index (κ1) is 20.2. The molecule has 0 radical (unpaired) electrons. The van der Waals surface area contributed by atoms with E-state index in [1.165, 1.54) is 4.90 Å². The first-order chi connectivity index (χ1) is 11.3. The smallest absolute Gasteiger partial charge is 0.426 e. The molecule has 0 heterocycles. The predicted octanol–water partition coefficient (Wildman–Crippen LogP) is 0.547. The molecule has 1 aromatic carbocycles. The van der Waals surface area contributed by atoms with Crippen molar-refractivity contribution in [3.63, 3.8) is 0 Å². The quantitative estimate of drug-likeness (QED) is 0.575. The Morgan fingerprint density at radius 3 is 2.46 bits per heavy atom. The van der Waals surface area contributed by atoms with Crippen molar-refractivity contribution in [2.75, 3.05) is 14.1 Å². The van der Waals surface area contributed by atoms with Crippen molar-refractivity contribution >= 4 is 18.9 Å². The number of rotatable bonds is 9. The molecule has 0 aliphatic heterocycles. The minimum Gasteiger partial charge on any atom is -0.426 e. The third kappa shape index (κ3) is 7.15. The fourth-order valence-electron chi connectivity index (χ4n) is 2.36. The summed E-state index contributed by atoms with van der Waals surface area (Å²) in [5.41, 5.74) is 2.10. The molecule has 0 unspecified atom stereocenters. The highest BCUT2D eigenvalue weighted by atomic mass is 16.4. The lowest BCUT2D eigenvalue weighted by molar-refractivity contribution is -0.129. The molecule has 0 spiro atoms. The minimum absolute atomic E-state index is 0.0297. The summed E-state index contributed by atoms with van der Waals surface area (Å²) in [7, 11) is 1.71. The minimum atomic E-state index is -1.64.